The maximum atomic E-state index is 12.7. The van der Waals surface area contributed by atoms with Crippen LogP contribution >= 0.6 is 23.2 Å². The maximum absolute atomic E-state index is 12.7. The molecule has 7 N–H and O–H groups in total. The topological polar surface area (TPSA) is 138 Å². The maximum Gasteiger partial charge on any atom is 0.271 e. The van der Waals surface area contributed by atoms with Gasteiger partial charge in [0, 0.05) is 42.0 Å². The number of morpholine rings is 1. The Labute approximate surface area is 227 Å². The van der Waals surface area contributed by atoms with Gasteiger partial charge in [-0.1, -0.05) is 29.3 Å². The summed E-state index contributed by atoms with van der Waals surface area (Å²) in [5.74, 6) is 0.0215. The zero-order valence-corrected chi connectivity index (χ0v) is 22.4. The number of allylic oxidation sites excluding steroid dienone is 1. The van der Waals surface area contributed by atoms with Crippen molar-refractivity contribution in [2.75, 3.05) is 44.8 Å². The number of aryl methyl sites for hydroxylation is 1. The van der Waals surface area contributed by atoms with Gasteiger partial charge in [0.25, 0.3) is 5.91 Å². The van der Waals surface area contributed by atoms with Crippen molar-refractivity contribution in [3.63, 3.8) is 0 Å². The van der Waals surface area contributed by atoms with Gasteiger partial charge in [-0.05, 0) is 49.7 Å². The lowest BCUT2D eigenvalue weighted by molar-refractivity contribution is -0.112. The van der Waals surface area contributed by atoms with Crippen LogP contribution in [-0.4, -0.2) is 50.3 Å². The van der Waals surface area contributed by atoms with E-state index < -0.39 is 12.0 Å². The Morgan fingerprint density at radius 1 is 1.14 bits per heavy atom. The van der Waals surface area contributed by atoms with Crippen molar-refractivity contribution in [1.82, 2.24) is 4.90 Å². The smallest absolute Gasteiger partial charge is 0.271 e. The Hall–Kier alpha value is -3.11. The molecule has 1 aliphatic heterocycles. The van der Waals surface area contributed by atoms with Gasteiger partial charge >= 0.3 is 0 Å². The van der Waals surface area contributed by atoms with E-state index >= 15 is 0 Å². The second-order valence-corrected chi connectivity index (χ2v) is 9.34. The van der Waals surface area contributed by atoms with E-state index in [9.17, 15) is 4.79 Å². The number of rotatable bonds is 10. The van der Waals surface area contributed by atoms with E-state index in [0.717, 1.165) is 38.4 Å². The SMILES string of the molecule is Cc1ccc(Cl)c(C(C)OC(/C=C(\N)C(=O)Nc2ccc(OCCN3CCOCC3)cc2)=C(N)N)c1Cl. The number of nitrogens with one attached hydrogen (secondary N) is 1. The van der Waals surface area contributed by atoms with Crippen LogP contribution in [0.4, 0.5) is 5.69 Å². The van der Waals surface area contributed by atoms with E-state index in [1.807, 2.05) is 6.92 Å². The monoisotopic (exact) mass is 549 g/mol. The summed E-state index contributed by atoms with van der Waals surface area (Å²) in [4.78, 5) is 14.9. The second kappa shape index (κ2) is 13.4. The van der Waals surface area contributed by atoms with Gasteiger partial charge in [-0.2, -0.15) is 0 Å². The van der Waals surface area contributed by atoms with Gasteiger partial charge in [0.15, 0.2) is 5.76 Å². The number of hydrogen-bond acceptors (Lipinski definition) is 8. The molecule has 1 saturated heterocycles. The first-order valence-corrected chi connectivity index (χ1v) is 12.6. The summed E-state index contributed by atoms with van der Waals surface area (Å²) >= 11 is 12.7. The van der Waals surface area contributed by atoms with Crippen molar-refractivity contribution in [3.05, 3.63) is 80.9 Å². The predicted octanol–water partition coefficient (Wildman–Crippen LogP) is 3.66. The lowest BCUT2D eigenvalue weighted by Gasteiger charge is -2.26. The number of amides is 1. The van der Waals surface area contributed by atoms with E-state index in [2.05, 4.69) is 10.2 Å². The highest BCUT2D eigenvalue weighted by atomic mass is 35.5. The number of carbonyl (C=O) groups is 1. The molecule has 200 valence electrons. The zero-order valence-electron chi connectivity index (χ0n) is 20.9. The molecule has 1 aliphatic rings. The molecule has 0 radical (unpaired) electrons. The van der Waals surface area contributed by atoms with Crippen molar-refractivity contribution >= 4 is 34.8 Å². The number of carbonyl (C=O) groups excluding carboxylic acids is 1. The summed E-state index contributed by atoms with van der Waals surface area (Å²) < 4.78 is 17.0. The molecule has 37 heavy (non-hydrogen) atoms. The molecule has 11 heteroatoms. The fourth-order valence-corrected chi connectivity index (χ4v) is 4.33. The summed E-state index contributed by atoms with van der Waals surface area (Å²) in [6.45, 7) is 8.31. The molecule has 1 fully saturated rings. The summed E-state index contributed by atoms with van der Waals surface area (Å²) in [5.41, 5.74) is 19.4. The molecule has 0 saturated carbocycles. The number of benzene rings is 2. The molecule has 0 spiro atoms. The molecule has 2 aromatic rings. The highest BCUT2D eigenvalue weighted by Gasteiger charge is 2.19. The van der Waals surface area contributed by atoms with Gasteiger partial charge < -0.3 is 36.7 Å². The highest BCUT2D eigenvalue weighted by molar-refractivity contribution is 6.36. The van der Waals surface area contributed by atoms with Crippen LogP contribution in [0.2, 0.25) is 10.0 Å². The Morgan fingerprint density at radius 2 is 1.81 bits per heavy atom. The number of ether oxygens (including phenoxy) is 3. The van der Waals surface area contributed by atoms with E-state index in [1.165, 1.54) is 6.08 Å². The number of anilines is 1. The van der Waals surface area contributed by atoms with Gasteiger partial charge in [0.05, 0.1) is 18.2 Å². The van der Waals surface area contributed by atoms with Crippen LogP contribution in [0.5, 0.6) is 5.75 Å². The van der Waals surface area contributed by atoms with Crippen LogP contribution in [0.3, 0.4) is 0 Å². The van der Waals surface area contributed by atoms with Crippen molar-refractivity contribution < 1.29 is 19.0 Å². The van der Waals surface area contributed by atoms with Crippen molar-refractivity contribution in [1.29, 1.82) is 0 Å². The number of nitrogens with two attached hydrogens (primary N) is 3. The first kappa shape index (κ1) is 28.5. The van der Waals surface area contributed by atoms with Gasteiger partial charge in [-0.3, -0.25) is 9.69 Å². The second-order valence-electron chi connectivity index (χ2n) is 8.55. The number of hydrogen-bond donors (Lipinski definition) is 4. The van der Waals surface area contributed by atoms with Crippen molar-refractivity contribution in [2.24, 2.45) is 17.2 Å². The average Bonchev–Trinajstić information content (AvgIpc) is 2.87. The molecule has 0 bridgehead atoms. The Balaban J connectivity index is 1.58. The fourth-order valence-electron chi connectivity index (χ4n) is 3.65. The molecular weight excluding hydrogens is 517 g/mol. The standard InChI is InChI=1S/C26H33Cl2N5O4/c1-16-3-8-20(27)23(24(16)28)17(2)37-22(25(30)31)15-21(29)26(34)32-18-4-6-19(7-5-18)36-14-11-33-9-12-35-13-10-33/h3-8,15,17H,9-14,29-31H2,1-2H3,(H,32,34)/b21-15-. The first-order valence-electron chi connectivity index (χ1n) is 11.8. The summed E-state index contributed by atoms with van der Waals surface area (Å²) in [6.07, 6.45) is 0.655. The van der Waals surface area contributed by atoms with E-state index in [-0.39, 0.29) is 17.3 Å². The van der Waals surface area contributed by atoms with Gasteiger partial charge in [0.1, 0.15) is 30.0 Å². The molecule has 0 aliphatic carbocycles. The molecule has 1 amide bonds. The highest BCUT2D eigenvalue weighted by Crippen LogP contribution is 2.35. The third-order valence-corrected chi connectivity index (χ3v) is 6.59. The predicted molar refractivity (Wildman–Crippen MR) is 146 cm³/mol. The van der Waals surface area contributed by atoms with Crippen molar-refractivity contribution in [3.8, 4) is 5.75 Å². The Kier molecular flexibility index (Phi) is 10.3. The molecule has 0 aromatic heterocycles. The minimum absolute atomic E-state index is 0.0257. The quantitative estimate of drug-likeness (QED) is 0.200. The first-order chi connectivity index (χ1) is 17.7. The van der Waals surface area contributed by atoms with Gasteiger partial charge in [-0.25, -0.2) is 0 Å². The van der Waals surface area contributed by atoms with E-state index in [0.29, 0.717) is 33.7 Å². The van der Waals surface area contributed by atoms with E-state index in [1.54, 1.807) is 43.3 Å². The molecule has 1 atom stereocenters. The number of halogens is 2. The van der Waals surface area contributed by atoms with E-state index in [4.69, 9.17) is 54.6 Å². The number of nitrogens with zero attached hydrogens (tertiary/aromatic N) is 1. The molecule has 2 aromatic carbocycles. The van der Waals surface area contributed by atoms with Crippen LogP contribution in [0.15, 0.2) is 59.8 Å². The molecular formula is C26H33Cl2N5O4. The van der Waals surface area contributed by atoms with Gasteiger partial charge in [-0.15, -0.1) is 0 Å². The lowest BCUT2D eigenvalue weighted by Crippen LogP contribution is -2.38. The van der Waals surface area contributed by atoms with Crippen LogP contribution in [0, 0.1) is 6.92 Å². The Morgan fingerprint density at radius 3 is 2.46 bits per heavy atom. The summed E-state index contributed by atoms with van der Waals surface area (Å²) in [5, 5.41) is 3.62. The third kappa shape index (κ3) is 8.19. The van der Waals surface area contributed by atoms with Gasteiger partial charge in [0.2, 0.25) is 0 Å². The van der Waals surface area contributed by atoms with Crippen LogP contribution < -0.4 is 27.3 Å². The largest absolute Gasteiger partial charge is 0.492 e. The third-order valence-electron chi connectivity index (χ3n) is 5.76. The lowest BCUT2D eigenvalue weighted by atomic mass is 10.1. The molecule has 1 unspecified atom stereocenters. The normalized spacial score (nSPS) is 15.1. The summed E-state index contributed by atoms with van der Waals surface area (Å²) in [7, 11) is 0. The van der Waals surface area contributed by atoms with Crippen LogP contribution in [0.1, 0.15) is 24.2 Å². The average molecular weight is 550 g/mol. The fraction of sp³-hybridized carbons (Fsp3) is 0.346. The molecule has 9 nitrogen and oxygen atoms in total. The molecule has 1 heterocycles. The minimum atomic E-state index is -0.611. The zero-order chi connectivity index (χ0) is 26.9. The van der Waals surface area contributed by atoms with Crippen LogP contribution in [0.25, 0.3) is 0 Å². The molecule has 3 rings (SSSR count). The van der Waals surface area contributed by atoms with Crippen LogP contribution in [-0.2, 0) is 14.3 Å². The Bertz CT molecular complexity index is 1140. The minimum Gasteiger partial charge on any atom is -0.492 e. The summed E-state index contributed by atoms with van der Waals surface area (Å²) in [6, 6.07) is 10.5. The van der Waals surface area contributed by atoms with Crippen molar-refractivity contribution in [2.45, 2.75) is 20.0 Å².